The van der Waals surface area contributed by atoms with Crippen LogP contribution >= 0.6 is 11.3 Å². The number of aliphatic hydroxyl groups excluding tert-OH is 1. The molecule has 1 N–H and O–H groups in total. The highest BCUT2D eigenvalue weighted by Crippen LogP contribution is 2.38. The first-order valence-corrected chi connectivity index (χ1v) is 8.70. The normalized spacial score (nSPS) is 11.1. The van der Waals surface area contributed by atoms with Crippen LogP contribution in [0.5, 0.6) is 0 Å². The van der Waals surface area contributed by atoms with Gasteiger partial charge in [-0.05, 0) is 26.3 Å². The number of hydrogen-bond acceptors (Lipinski definition) is 5. The van der Waals surface area contributed by atoms with E-state index >= 15 is 0 Å². The second kappa shape index (κ2) is 6.64. The topological polar surface area (TPSA) is 49.2 Å². The van der Waals surface area contributed by atoms with Gasteiger partial charge in [0.15, 0.2) is 0 Å². The van der Waals surface area contributed by atoms with Gasteiger partial charge in [0.05, 0.1) is 12.0 Å². The number of aryl methyl sites for hydroxylation is 2. The quantitative estimate of drug-likeness (QED) is 0.774. The monoisotopic (exact) mass is 327 g/mol. The Morgan fingerprint density at radius 3 is 2.52 bits per heavy atom. The highest BCUT2D eigenvalue weighted by Gasteiger charge is 2.18. The molecule has 0 bridgehead atoms. The van der Waals surface area contributed by atoms with Crippen molar-refractivity contribution in [2.75, 3.05) is 24.6 Å². The van der Waals surface area contributed by atoms with Gasteiger partial charge in [-0.3, -0.25) is 0 Å². The van der Waals surface area contributed by atoms with Crippen molar-refractivity contribution in [1.82, 2.24) is 9.97 Å². The molecule has 1 aromatic carbocycles. The lowest BCUT2D eigenvalue weighted by Gasteiger charge is -2.22. The highest BCUT2D eigenvalue weighted by molar-refractivity contribution is 7.17. The third-order valence-electron chi connectivity index (χ3n) is 3.94. The molecule has 23 heavy (non-hydrogen) atoms. The summed E-state index contributed by atoms with van der Waals surface area (Å²) in [6.45, 7) is 7.58. The number of aromatic nitrogens is 2. The van der Waals surface area contributed by atoms with Gasteiger partial charge in [0, 0.05) is 24.0 Å². The minimum Gasteiger partial charge on any atom is -0.395 e. The number of rotatable bonds is 5. The molecule has 0 aliphatic heterocycles. The molecule has 2 aromatic heterocycles. The maximum atomic E-state index is 9.36. The van der Waals surface area contributed by atoms with Crippen molar-refractivity contribution in [2.24, 2.45) is 0 Å². The molecule has 0 fully saturated rings. The van der Waals surface area contributed by atoms with Crippen LogP contribution in [0, 0.1) is 13.8 Å². The van der Waals surface area contributed by atoms with Crippen molar-refractivity contribution in [3.05, 3.63) is 41.0 Å². The van der Waals surface area contributed by atoms with Crippen molar-refractivity contribution >= 4 is 27.4 Å². The summed E-state index contributed by atoms with van der Waals surface area (Å²) in [5.41, 5.74) is 3.59. The van der Waals surface area contributed by atoms with Gasteiger partial charge in [0.1, 0.15) is 16.5 Å². The molecule has 2 heterocycles. The van der Waals surface area contributed by atoms with Gasteiger partial charge >= 0.3 is 0 Å². The summed E-state index contributed by atoms with van der Waals surface area (Å²) in [6.07, 6.45) is 0. The van der Waals surface area contributed by atoms with Crippen LogP contribution in [0.1, 0.15) is 18.3 Å². The van der Waals surface area contributed by atoms with E-state index in [1.54, 1.807) is 11.3 Å². The van der Waals surface area contributed by atoms with E-state index in [9.17, 15) is 5.11 Å². The Kier molecular flexibility index (Phi) is 4.59. The molecule has 120 valence electrons. The Balaban J connectivity index is 2.22. The predicted octanol–water partition coefficient (Wildman–Crippen LogP) is 3.79. The van der Waals surface area contributed by atoms with Gasteiger partial charge < -0.3 is 10.0 Å². The Morgan fingerprint density at radius 2 is 1.87 bits per heavy atom. The van der Waals surface area contributed by atoms with Gasteiger partial charge in [-0.25, -0.2) is 9.97 Å². The van der Waals surface area contributed by atoms with Crippen molar-refractivity contribution in [3.63, 3.8) is 0 Å². The summed E-state index contributed by atoms with van der Waals surface area (Å²) in [5, 5.41) is 12.6. The minimum atomic E-state index is 0.113. The molecule has 0 amide bonds. The molecular weight excluding hydrogens is 306 g/mol. The maximum absolute atomic E-state index is 9.36. The molecule has 4 nitrogen and oxygen atoms in total. The van der Waals surface area contributed by atoms with Crippen molar-refractivity contribution in [3.8, 4) is 11.1 Å². The highest BCUT2D eigenvalue weighted by atomic mass is 32.1. The molecule has 3 rings (SSSR count). The van der Waals surface area contributed by atoms with E-state index in [0.717, 1.165) is 34.0 Å². The minimum absolute atomic E-state index is 0.113. The zero-order valence-corrected chi connectivity index (χ0v) is 14.5. The van der Waals surface area contributed by atoms with Crippen molar-refractivity contribution < 1.29 is 5.11 Å². The zero-order valence-electron chi connectivity index (χ0n) is 13.7. The van der Waals surface area contributed by atoms with Crippen LogP contribution in [0.2, 0.25) is 0 Å². The van der Waals surface area contributed by atoms with Gasteiger partial charge in [0.25, 0.3) is 0 Å². The van der Waals surface area contributed by atoms with E-state index in [1.807, 2.05) is 6.92 Å². The Hall–Kier alpha value is -1.98. The zero-order chi connectivity index (χ0) is 16.4. The van der Waals surface area contributed by atoms with Gasteiger partial charge in [-0.2, -0.15) is 0 Å². The number of likely N-dealkylation sites (N-methyl/N-ethyl adjacent to an activating group) is 1. The molecule has 0 aliphatic carbocycles. The summed E-state index contributed by atoms with van der Waals surface area (Å²) >= 11 is 1.65. The van der Waals surface area contributed by atoms with E-state index in [2.05, 4.69) is 58.4 Å². The van der Waals surface area contributed by atoms with E-state index in [-0.39, 0.29) is 6.61 Å². The predicted molar refractivity (Wildman–Crippen MR) is 97.3 cm³/mol. The van der Waals surface area contributed by atoms with Crippen LogP contribution in [-0.4, -0.2) is 34.8 Å². The van der Waals surface area contributed by atoms with Crippen LogP contribution < -0.4 is 4.90 Å². The second-order valence-corrected chi connectivity index (χ2v) is 6.45. The summed E-state index contributed by atoms with van der Waals surface area (Å²) in [6, 6.07) is 8.53. The van der Waals surface area contributed by atoms with Crippen molar-refractivity contribution in [2.45, 2.75) is 20.8 Å². The first-order chi connectivity index (χ1) is 11.1. The molecule has 0 saturated heterocycles. The Morgan fingerprint density at radius 1 is 1.13 bits per heavy atom. The maximum Gasteiger partial charge on any atom is 0.141 e. The van der Waals surface area contributed by atoms with Crippen LogP contribution in [0.25, 0.3) is 21.3 Å². The van der Waals surface area contributed by atoms with E-state index in [1.165, 1.54) is 11.1 Å². The molecule has 3 aromatic rings. The lowest BCUT2D eigenvalue weighted by molar-refractivity contribution is 0.302. The Labute approximate surface area is 140 Å². The van der Waals surface area contributed by atoms with Crippen LogP contribution in [0.4, 0.5) is 5.82 Å². The Bertz CT molecular complexity index is 811. The largest absolute Gasteiger partial charge is 0.395 e. The van der Waals surface area contributed by atoms with Gasteiger partial charge in [0.2, 0.25) is 0 Å². The third-order valence-corrected chi connectivity index (χ3v) is 4.81. The van der Waals surface area contributed by atoms with Gasteiger partial charge in [-0.15, -0.1) is 11.3 Å². The molecular formula is C18H21N3OS. The lowest BCUT2D eigenvalue weighted by atomic mass is 10.0. The van der Waals surface area contributed by atoms with E-state index < -0.39 is 0 Å². The number of aliphatic hydroxyl groups is 1. The molecule has 0 saturated carbocycles. The second-order valence-electron chi connectivity index (χ2n) is 5.59. The molecule has 0 spiro atoms. The van der Waals surface area contributed by atoms with Crippen LogP contribution in [-0.2, 0) is 0 Å². The summed E-state index contributed by atoms with van der Waals surface area (Å²) in [5.74, 6) is 1.68. The number of anilines is 1. The average molecular weight is 327 g/mol. The number of thiophene rings is 1. The van der Waals surface area contributed by atoms with Gasteiger partial charge in [-0.1, -0.05) is 29.8 Å². The lowest BCUT2D eigenvalue weighted by Crippen LogP contribution is -2.27. The summed E-state index contributed by atoms with van der Waals surface area (Å²) in [7, 11) is 0. The fourth-order valence-electron chi connectivity index (χ4n) is 2.74. The number of nitrogens with zero attached hydrogens (tertiary/aromatic N) is 3. The standard InChI is InChI=1S/C18H21N3OS/c1-4-21(9-10-22)17-16-15(14-7-5-12(2)6-8-14)11-23-18(16)20-13(3)19-17/h5-8,11,22H,4,9-10H2,1-3H3. The first-order valence-electron chi connectivity index (χ1n) is 7.82. The van der Waals surface area contributed by atoms with E-state index in [4.69, 9.17) is 0 Å². The van der Waals surface area contributed by atoms with Crippen LogP contribution in [0.15, 0.2) is 29.6 Å². The van der Waals surface area contributed by atoms with E-state index in [0.29, 0.717) is 6.54 Å². The number of hydrogen-bond donors (Lipinski definition) is 1. The molecule has 0 radical (unpaired) electrons. The number of benzene rings is 1. The number of fused-ring (bicyclic) bond motifs is 1. The smallest absolute Gasteiger partial charge is 0.141 e. The fourth-order valence-corrected chi connectivity index (χ4v) is 3.72. The molecule has 5 heteroatoms. The van der Waals surface area contributed by atoms with Crippen LogP contribution in [0.3, 0.4) is 0 Å². The third kappa shape index (κ3) is 3.07. The SMILES string of the molecule is CCN(CCO)c1nc(C)nc2scc(-c3ccc(C)cc3)c12. The summed E-state index contributed by atoms with van der Waals surface area (Å²) in [4.78, 5) is 12.4. The molecule has 0 atom stereocenters. The summed E-state index contributed by atoms with van der Waals surface area (Å²) < 4.78 is 0. The first kappa shape index (κ1) is 15.9. The van der Waals surface area contributed by atoms with Crippen molar-refractivity contribution in [1.29, 1.82) is 0 Å². The average Bonchev–Trinajstić information content (AvgIpc) is 2.96. The fraction of sp³-hybridized carbons (Fsp3) is 0.333. The molecule has 0 unspecified atom stereocenters. The molecule has 0 aliphatic rings.